The molecule has 0 aromatic carbocycles. The van der Waals surface area contributed by atoms with E-state index in [9.17, 15) is 14.7 Å². The first kappa shape index (κ1) is 13.4. The highest BCUT2D eigenvalue weighted by Crippen LogP contribution is 2.49. The molecule has 0 aromatic heterocycles. The van der Waals surface area contributed by atoms with Crippen molar-refractivity contribution in [3.05, 3.63) is 0 Å². The quantitative estimate of drug-likeness (QED) is 0.838. The molecule has 2 aliphatic rings. The third-order valence-electron chi connectivity index (χ3n) is 5.05. The summed E-state index contributed by atoms with van der Waals surface area (Å²) in [6.07, 6.45) is 3.44. The summed E-state index contributed by atoms with van der Waals surface area (Å²) in [4.78, 5) is 25.8. The molecule has 0 unspecified atom stereocenters. The zero-order valence-electron chi connectivity index (χ0n) is 11.5. The van der Waals surface area contributed by atoms with Crippen LogP contribution in [-0.2, 0) is 9.59 Å². The van der Waals surface area contributed by atoms with Crippen LogP contribution in [0.5, 0.6) is 0 Å². The number of fused-ring (bicyclic) bond motifs is 1. The Kier molecular flexibility index (Phi) is 3.16. The number of hydrogen-bond donors (Lipinski definition) is 1. The minimum atomic E-state index is -0.713. The molecule has 1 aliphatic carbocycles. The van der Waals surface area contributed by atoms with Crippen LogP contribution >= 0.6 is 0 Å². The standard InChI is InChI=1S/C14H23NO3/c1-4-13(2,3)11(16)15-8-10-6-5-7-14(10,9-15)12(17)18/h10H,4-9H2,1-3H3,(H,17,18)/t10-,14+/m0/s1. The van der Waals surface area contributed by atoms with E-state index in [1.54, 1.807) is 4.90 Å². The van der Waals surface area contributed by atoms with Gasteiger partial charge in [0.2, 0.25) is 5.91 Å². The van der Waals surface area contributed by atoms with E-state index in [1.165, 1.54) is 0 Å². The van der Waals surface area contributed by atoms with Crippen molar-refractivity contribution in [1.29, 1.82) is 0 Å². The molecule has 1 heterocycles. The van der Waals surface area contributed by atoms with E-state index in [4.69, 9.17) is 0 Å². The predicted octanol–water partition coefficient (Wildman–Crippen LogP) is 2.14. The molecule has 2 rings (SSSR count). The minimum Gasteiger partial charge on any atom is -0.481 e. The summed E-state index contributed by atoms with van der Waals surface area (Å²) in [5.74, 6) is -0.443. The Bertz CT molecular complexity index is 377. The summed E-state index contributed by atoms with van der Waals surface area (Å²) >= 11 is 0. The van der Waals surface area contributed by atoms with Crippen LogP contribution in [0, 0.1) is 16.7 Å². The summed E-state index contributed by atoms with van der Waals surface area (Å²) in [7, 11) is 0. The normalized spacial score (nSPS) is 31.5. The van der Waals surface area contributed by atoms with Gasteiger partial charge >= 0.3 is 5.97 Å². The van der Waals surface area contributed by atoms with Gasteiger partial charge in [0.1, 0.15) is 0 Å². The number of aliphatic carboxylic acids is 1. The van der Waals surface area contributed by atoms with Crippen molar-refractivity contribution in [2.45, 2.75) is 46.5 Å². The Labute approximate surface area is 108 Å². The second kappa shape index (κ2) is 4.25. The average Bonchev–Trinajstić information content (AvgIpc) is 2.84. The molecule has 1 aliphatic heterocycles. The number of carbonyl (C=O) groups is 2. The Morgan fingerprint density at radius 2 is 2.11 bits per heavy atom. The van der Waals surface area contributed by atoms with Gasteiger partial charge in [0.25, 0.3) is 0 Å². The van der Waals surface area contributed by atoms with Crippen LogP contribution in [0.4, 0.5) is 0 Å². The van der Waals surface area contributed by atoms with Crippen LogP contribution in [0.15, 0.2) is 0 Å². The maximum absolute atomic E-state index is 12.4. The van der Waals surface area contributed by atoms with Crippen molar-refractivity contribution in [2.75, 3.05) is 13.1 Å². The first-order valence-corrected chi connectivity index (χ1v) is 6.86. The summed E-state index contributed by atoms with van der Waals surface area (Å²) in [5.41, 5.74) is -1.03. The molecule has 0 bridgehead atoms. The van der Waals surface area contributed by atoms with E-state index in [0.29, 0.717) is 13.1 Å². The zero-order chi connectivity index (χ0) is 13.6. The molecule has 2 atom stereocenters. The number of carbonyl (C=O) groups excluding carboxylic acids is 1. The van der Waals surface area contributed by atoms with Gasteiger partial charge in [-0.2, -0.15) is 0 Å². The second-order valence-electron chi connectivity index (χ2n) is 6.47. The molecule has 4 nitrogen and oxygen atoms in total. The molecule has 0 radical (unpaired) electrons. The highest BCUT2D eigenvalue weighted by Gasteiger charge is 2.56. The molecule has 1 N–H and O–H groups in total. The van der Waals surface area contributed by atoms with Gasteiger partial charge in [-0.3, -0.25) is 9.59 Å². The lowest BCUT2D eigenvalue weighted by molar-refractivity contribution is -0.150. The Morgan fingerprint density at radius 1 is 1.44 bits per heavy atom. The molecule has 4 heteroatoms. The van der Waals surface area contributed by atoms with E-state index >= 15 is 0 Å². The van der Waals surface area contributed by atoms with E-state index in [1.807, 2.05) is 20.8 Å². The van der Waals surface area contributed by atoms with Crippen molar-refractivity contribution in [3.63, 3.8) is 0 Å². The number of rotatable bonds is 3. The van der Waals surface area contributed by atoms with Crippen molar-refractivity contribution < 1.29 is 14.7 Å². The maximum atomic E-state index is 12.4. The van der Waals surface area contributed by atoms with Crippen molar-refractivity contribution in [3.8, 4) is 0 Å². The molecule has 1 saturated carbocycles. The van der Waals surface area contributed by atoms with Crippen LogP contribution in [0.1, 0.15) is 46.5 Å². The van der Waals surface area contributed by atoms with Crippen molar-refractivity contribution in [2.24, 2.45) is 16.7 Å². The smallest absolute Gasteiger partial charge is 0.311 e. The first-order chi connectivity index (χ1) is 8.33. The molecule has 0 aromatic rings. The van der Waals surface area contributed by atoms with Crippen molar-refractivity contribution in [1.82, 2.24) is 4.90 Å². The molecule has 2 fully saturated rings. The summed E-state index contributed by atoms with van der Waals surface area (Å²) < 4.78 is 0. The molecule has 0 spiro atoms. The van der Waals surface area contributed by atoms with E-state index in [-0.39, 0.29) is 17.2 Å². The fraction of sp³-hybridized carbons (Fsp3) is 0.857. The fourth-order valence-corrected chi connectivity index (χ4v) is 3.37. The monoisotopic (exact) mass is 253 g/mol. The van der Waals surface area contributed by atoms with Gasteiger partial charge in [0.15, 0.2) is 0 Å². The molecular weight excluding hydrogens is 230 g/mol. The van der Waals surface area contributed by atoms with Gasteiger partial charge in [-0.1, -0.05) is 27.2 Å². The highest BCUT2D eigenvalue weighted by molar-refractivity contribution is 5.84. The average molecular weight is 253 g/mol. The largest absolute Gasteiger partial charge is 0.481 e. The number of likely N-dealkylation sites (tertiary alicyclic amines) is 1. The van der Waals surface area contributed by atoms with E-state index in [2.05, 4.69) is 0 Å². The predicted molar refractivity (Wildman–Crippen MR) is 68.1 cm³/mol. The fourth-order valence-electron chi connectivity index (χ4n) is 3.37. The molecule has 18 heavy (non-hydrogen) atoms. The Hall–Kier alpha value is -1.06. The third kappa shape index (κ3) is 1.82. The SMILES string of the molecule is CCC(C)(C)C(=O)N1C[C@@H]2CCC[C@@]2(C(=O)O)C1. The Balaban J connectivity index is 2.18. The van der Waals surface area contributed by atoms with Gasteiger partial charge in [-0.25, -0.2) is 0 Å². The van der Waals surface area contributed by atoms with Crippen LogP contribution in [0.3, 0.4) is 0 Å². The lowest BCUT2D eigenvalue weighted by Crippen LogP contribution is -2.42. The minimum absolute atomic E-state index is 0.111. The molecule has 1 amide bonds. The highest BCUT2D eigenvalue weighted by atomic mass is 16.4. The number of carboxylic acids is 1. The van der Waals surface area contributed by atoms with Gasteiger partial charge in [-0.05, 0) is 25.2 Å². The number of hydrogen-bond acceptors (Lipinski definition) is 2. The zero-order valence-corrected chi connectivity index (χ0v) is 11.5. The lowest BCUT2D eigenvalue weighted by atomic mass is 9.81. The number of nitrogens with zero attached hydrogens (tertiary/aromatic N) is 1. The number of amides is 1. The van der Waals surface area contributed by atoms with Crippen LogP contribution in [0.25, 0.3) is 0 Å². The van der Waals surface area contributed by atoms with Crippen LogP contribution in [0.2, 0.25) is 0 Å². The summed E-state index contributed by atoms with van der Waals surface area (Å²) in [6.45, 7) is 6.93. The maximum Gasteiger partial charge on any atom is 0.311 e. The summed E-state index contributed by atoms with van der Waals surface area (Å²) in [5, 5.41) is 9.50. The molecular formula is C14H23NO3. The first-order valence-electron chi connectivity index (χ1n) is 6.86. The van der Waals surface area contributed by atoms with Gasteiger partial charge in [-0.15, -0.1) is 0 Å². The Morgan fingerprint density at radius 3 is 2.61 bits per heavy atom. The van der Waals surface area contributed by atoms with Gasteiger partial charge in [0, 0.05) is 18.5 Å². The molecule has 1 saturated heterocycles. The third-order valence-corrected chi connectivity index (χ3v) is 5.05. The lowest BCUT2D eigenvalue weighted by Gasteiger charge is -2.29. The number of carboxylic acid groups (broad SMARTS) is 1. The van der Waals surface area contributed by atoms with E-state index < -0.39 is 11.4 Å². The summed E-state index contributed by atoms with van der Waals surface area (Å²) in [6, 6.07) is 0. The van der Waals surface area contributed by atoms with E-state index in [0.717, 1.165) is 25.7 Å². The van der Waals surface area contributed by atoms with Crippen molar-refractivity contribution >= 4 is 11.9 Å². The molecule has 102 valence electrons. The van der Waals surface area contributed by atoms with Crippen LogP contribution in [-0.4, -0.2) is 35.0 Å². The van der Waals surface area contributed by atoms with Gasteiger partial charge < -0.3 is 10.0 Å². The topological polar surface area (TPSA) is 57.6 Å². The second-order valence-corrected chi connectivity index (χ2v) is 6.47. The van der Waals surface area contributed by atoms with Gasteiger partial charge in [0.05, 0.1) is 5.41 Å². The van der Waals surface area contributed by atoms with Crippen LogP contribution < -0.4 is 0 Å².